The quantitative estimate of drug-likeness (QED) is 0.577. The van der Waals surface area contributed by atoms with E-state index in [1.54, 1.807) is 11.8 Å². The van der Waals surface area contributed by atoms with Crippen molar-refractivity contribution in [2.75, 3.05) is 13.1 Å². The van der Waals surface area contributed by atoms with Crippen LogP contribution < -0.4 is 0 Å². The van der Waals surface area contributed by atoms with Crippen molar-refractivity contribution in [2.45, 2.75) is 50.2 Å². The molecule has 1 aliphatic rings. The number of benzene rings is 1. The lowest BCUT2D eigenvalue weighted by molar-refractivity contribution is 0.213. The number of hydrogen-bond donors (Lipinski definition) is 0. The van der Waals surface area contributed by atoms with Gasteiger partial charge in [-0.15, -0.1) is 10.2 Å². The molecule has 0 unspecified atom stereocenters. The molecule has 1 aliphatic heterocycles. The molecule has 0 saturated carbocycles. The van der Waals surface area contributed by atoms with E-state index >= 15 is 0 Å². The second-order valence-electron chi connectivity index (χ2n) is 7.02. The van der Waals surface area contributed by atoms with Crippen LogP contribution >= 0.6 is 11.8 Å². The zero-order valence-corrected chi connectivity index (χ0v) is 16.5. The van der Waals surface area contributed by atoms with Gasteiger partial charge in [0.25, 0.3) is 0 Å². The van der Waals surface area contributed by atoms with Crippen LogP contribution in [0.15, 0.2) is 46.1 Å². The minimum Gasteiger partial charge on any atom is -0.361 e. The van der Waals surface area contributed by atoms with Crippen LogP contribution in [0.2, 0.25) is 0 Å². The van der Waals surface area contributed by atoms with Gasteiger partial charge in [0.2, 0.25) is 0 Å². The first-order valence-corrected chi connectivity index (χ1v) is 10.5. The summed E-state index contributed by atoms with van der Waals surface area (Å²) >= 11 is 1.66. The molecule has 3 heterocycles. The summed E-state index contributed by atoms with van der Waals surface area (Å²) in [6, 6.07) is 12.5. The molecular weight excluding hydrogens is 358 g/mol. The van der Waals surface area contributed by atoms with Crippen LogP contribution in [-0.2, 0) is 18.8 Å². The lowest BCUT2D eigenvalue weighted by Crippen LogP contribution is -2.30. The Hall–Kier alpha value is -2.12. The largest absolute Gasteiger partial charge is 0.361 e. The predicted molar refractivity (Wildman–Crippen MR) is 105 cm³/mol. The third-order valence-corrected chi connectivity index (χ3v) is 5.82. The van der Waals surface area contributed by atoms with Gasteiger partial charge in [-0.1, -0.05) is 53.7 Å². The summed E-state index contributed by atoms with van der Waals surface area (Å²) in [4.78, 5) is 2.49. The molecule has 1 fully saturated rings. The van der Waals surface area contributed by atoms with E-state index in [4.69, 9.17) is 4.52 Å². The highest BCUT2D eigenvalue weighted by Gasteiger charge is 2.18. The highest BCUT2D eigenvalue weighted by Crippen LogP contribution is 2.24. The van der Waals surface area contributed by atoms with Crippen LogP contribution in [0.25, 0.3) is 0 Å². The third-order valence-electron chi connectivity index (χ3n) is 4.82. The van der Waals surface area contributed by atoms with Gasteiger partial charge in [-0.2, -0.15) is 0 Å². The van der Waals surface area contributed by atoms with Gasteiger partial charge >= 0.3 is 0 Å². The topological polar surface area (TPSA) is 60.0 Å². The Balaban J connectivity index is 1.53. The summed E-state index contributed by atoms with van der Waals surface area (Å²) in [5, 5.41) is 14.0. The standard InChI is InChI=1S/C20H25N5OS/c1-16-12-18(23-26-16)15-27-20-22-21-19(14-24-10-6-3-7-11-24)25(20)13-17-8-4-2-5-9-17/h2,4-5,8-9,12H,3,6-7,10-11,13-15H2,1H3. The van der Waals surface area contributed by atoms with Crippen molar-refractivity contribution >= 4 is 11.8 Å². The molecule has 0 radical (unpaired) electrons. The Labute approximate surface area is 163 Å². The molecule has 7 heteroatoms. The Morgan fingerprint density at radius 2 is 1.85 bits per heavy atom. The number of aryl methyl sites for hydroxylation is 1. The molecule has 3 aromatic rings. The maximum absolute atomic E-state index is 5.17. The number of aromatic nitrogens is 4. The summed E-state index contributed by atoms with van der Waals surface area (Å²) in [5.41, 5.74) is 2.20. The minimum absolute atomic E-state index is 0.730. The van der Waals surface area contributed by atoms with Crippen molar-refractivity contribution in [3.8, 4) is 0 Å². The van der Waals surface area contributed by atoms with E-state index in [9.17, 15) is 0 Å². The second kappa shape index (κ2) is 8.71. The first-order chi connectivity index (χ1) is 13.3. The average molecular weight is 384 g/mol. The molecule has 27 heavy (non-hydrogen) atoms. The van der Waals surface area contributed by atoms with E-state index in [-0.39, 0.29) is 0 Å². The summed E-state index contributed by atoms with van der Waals surface area (Å²) in [6.45, 7) is 5.87. The SMILES string of the molecule is Cc1cc(CSc2nnc(CN3CCCCC3)n2Cc2ccccc2)no1. The molecule has 6 nitrogen and oxygen atoms in total. The Morgan fingerprint density at radius 3 is 2.59 bits per heavy atom. The minimum atomic E-state index is 0.730. The van der Waals surface area contributed by atoms with Crippen molar-refractivity contribution in [3.05, 3.63) is 59.2 Å². The van der Waals surface area contributed by atoms with E-state index in [0.29, 0.717) is 0 Å². The Morgan fingerprint density at radius 1 is 1.04 bits per heavy atom. The normalized spacial score (nSPS) is 15.3. The fourth-order valence-electron chi connectivity index (χ4n) is 3.41. The van der Waals surface area contributed by atoms with Crippen molar-refractivity contribution < 1.29 is 4.52 Å². The second-order valence-corrected chi connectivity index (χ2v) is 7.97. The molecule has 0 amide bonds. The van der Waals surface area contributed by atoms with Crippen molar-refractivity contribution in [2.24, 2.45) is 0 Å². The molecule has 0 bridgehead atoms. The molecular formula is C20H25N5OS. The highest BCUT2D eigenvalue weighted by molar-refractivity contribution is 7.98. The Bertz CT molecular complexity index is 854. The summed E-state index contributed by atoms with van der Waals surface area (Å²) in [5.74, 6) is 2.61. The van der Waals surface area contributed by atoms with Crippen LogP contribution in [0, 0.1) is 6.92 Å². The summed E-state index contributed by atoms with van der Waals surface area (Å²) in [7, 11) is 0. The van der Waals surface area contributed by atoms with Gasteiger partial charge < -0.3 is 9.09 Å². The van der Waals surface area contributed by atoms with Gasteiger partial charge in [0.05, 0.1) is 18.8 Å². The molecule has 142 valence electrons. The highest BCUT2D eigenvalue weighted by atomic mass is 32.2. The van der Waals surface area contributed by atoms with E-state index < -0.39 is 0 Å². The van der Waals surface area contributed by atoms with Crippen LogP contribution in [-0.4, -0.2) is 37.9 Å². The molecule has 1 saturated heterocycles. The fourth-order valence-corrected chi connectivity index (χ4v) is 4.25. The van der Waals surface area contributed by atoms with Gasteiger partial charge in [0.15, 0.2) is 5.16 Å². The molecule has 0 aliphatic carbocycles. The predicted octanol–water partition coefficient (Wildman–Crippen LogP) is 3.90. The number of rotatable bonds is 7. The van der Waals surface area contributed by atoms with Gasteiger partial charge in [0.1, 0.15) is 11.6 Å². The van der Waals surface area contributed by atoms with Gasteiger partial charge in [0, 0.05) is 11.8 Å². The van der Waals surface area contributed by atoms with Crippen molar-refractivity contribution in [1.82, 2.24) is 24.8 Å². The van der Waals surface area contributed by atoms with Crippen LogP contribution in [0.5, 0.6) is 0 Å². The van der Waals surface area contributed by atoms with Gasteiger partial charge in [-0.05, 0) is 38.4 Å². The number of hydrogen-bond acceptors (Lipinski definition) is 6. The number of piperidine rings is 1. The zero-order valence-electron chi connectivity index (χ0n) is 15.7. The van der Waals surface area contributed by atoms with E-state index in [0.717, 1.165) is 54.4 Å². The average Bonchev–Trinajstić information content (AvgIpc) is 3.28. The first-order valence-electron chi connectivity index (χ1n) is 9.51. The molecule has 4 rings (SSSR count). The number of thioether (sulfide) groups is 1. The fraction of sp³-hybridized carbons (Fsp3) is 0.450. The lowest BCUT2D eigenvalue weighted by Gasteiger charge is -2.26. The molecule has 0 atom stereocenters. The molecule has 0 N–H and O–H groups in total. The zero-order chi connectivity index (χ0) is 18.5. The third kappa shape index (κ3) is 4.78. The van der Waals surface area contributed by atoms with E-state index in [1.165, 1.54) is 24.8 Å². The molecule has 2 aromatic heterocycles. The van der Waals surface area contributed by atoms with Gasteiger partial charge in [-0.3, -0.25) is 4.90 Å². The Kier molecular flexibility index (Phi) is 5.89. The lowest BCUT2D eigenvalue weighted by atomic mass is 10.1. The summed E-state index contributed by atoms with van der Waals surface area (Å²) in [6.07, 6.45) is 3.89. The molecule has 1 aromatic carbocycles. The first kappa shape index (κ1) is 18.3. The number of nitrogens with zero attached hydrogens (tertiary/aromatic N) is 5. The monoisotopic (exact) mass is 383 g/mol. The van der Waals surface area contributed by atoms with Gasteiger partial charge in [-0.25, -0.2) is 0 Å². The van der Waals surface area contributed by atoms with Crippen molar-refractivity contribution in [1.29, 1.82) is 0 Å². The number of likely N-dealkylation sites (tertiary alicyclic amines) is 1. The van der Waals surface area contributed by atoms with Crippen LogP contribution in [0.3, 0.4) is 0 Å². The summed E-state index contributed by atoms with van der Waals surface area (Å²) < 4.78 is 7.42. The van der Waals surface area contributed by atoms with Crippen LogP contribution in [0.1, 0.15) is 42.1 Å². The van der Waals surface area contributed by atoms with Crippen molar-refractivity contribution in [3.63, 3.8) is 0 Å². The van der Waals surface area contributed by atoms with E-state index in [1.807, 2.05) is 19.1 Å². The maximum atomic E-state index is 5.17. The van der Waals surface area contributed by atoms with E-state index in [2.05, 4.69) is 49.1 Å². The smallest absolute Gasteiger partial charge is 0.191 e. The van der Waals surface area contributed by atoms with Crippen LogP contribution in [0.4, 0.5) is 0 Å². The molecule has 0 spiro atoms. The maximum Gasteiger partial charge on any atom is 0.191 e.